The lowest BCUT2D eigenvalue weighted by Gasteiger charge is -2.09. The summed E-state index contributed by atoms with van der Waals surface area (Å²) in [6.45, 7) is 4.05. The maximum absolute atomic E-state index is 10.5. The Kier molecular flexibility index (Phi) is 4.39. The van der Waals surface area contributed by atoms with Crippen LogP contribution in [-0.4, -0.2) is 27.0 Å². The fourth-order valence-electron chi connectivity index (χ4n) is 1.56. The summed E-state index contributed by atoms with van der Waals surface area (Å²) in [5.41, 5.74) is 3.29. The molecule has 0 spiro atoms. The molecule has 19 heavy (non-hydrogen) atoms. The number of aliphatic carboxylic acids is 1. The first-order valence-corrected chi connectivity index (χ1v) is 7.38. The van der Waals surface area contributed by atoms with Gasteiger partial charge in [-0.05, 0) is 25.0 Å². The second kappa shape index (κ2) is 6.03. The van der Waals surface area contributed by atoms with Crippen LogP contribution in [0.15, 0.2) is 22.5 Å². The Hall–Kier alpha value is -1.60. The molecule has 2 rings (SSSR count). The highest BCUT2D eigenvalue weighted by Gasteiger charge is 2.09. The number of nitrogens with one attached hydrogen (secondary N) is 1. The van der Waals surface area contributed by atoms with Gasteiger partial charge in [0.15, 0.2) is 4.34 Å². The molecular weight excluding hydrogens is 282 g/mol. The number of carboxylic acids is 1. The standard InChI is InChI=1S/C12H13N3O2S2/c1-7-4-3-5-8(2)10(7)13-11-14-15-12(19-11)18-6-9(16)17/h3-5H,6H2,1-2H3,(H,13,14)(H,16,17). The summed E-state index contributed by atoms with van der Waals surface area (Å²) in [6.07, 6.45) is 0. The zero-order chi connectivity index (χ0) is 13.8. The molecule has 2 aromatic rings. The largest absolute Gasteiger partial charge is 0.481 e. The average Bonchev–Trinajstić information content (AvgIpc) is 2.79. The van der Waals surface area contributed by atoms with Gasteiger partial charge in [0.05, 0.1) is 5.75 Å². The van der Waals surface area contributed by atoms with E-state index >= 15 is 0 Å². The van der Waals surface area contributed by atoms with Crippen LogP contribution in [0.2, 0.25) is 0 Å². The molecule has 5 nitrogen and oxygen atoms in total. The molecule has 1 aromatic carbocycles. The van der Waals surface area contributed by atoms with Gasteiger partial charge in [0.25, 0.3) is 0 Å². The predicted molar refractivity (Wildman–Crippen MR) is 77.5 cm³/mol. The van der Waals surface area contributed by atoms with Gasteiger partial charge in [-0.1, -0.05) is 41.3 Å². The number of aryl methyl sites for hydroxylation is 2. The molecule has 0 saturated heterocycles. The minimum atomic E-state index is -0.857. The molecule has 2 N–H and O–H groups in total. The molecule has 1 aromatic heterocycles. The van der Waals surface area contributed by atoms with E-state index in [4.69, 9.17) is 5.11 Å². The SMILES string of the molecule is Cc1cccc(C)c1Nc1nnc(SCC(=O)O)s1. The minimum absolute atomic E-state index is 0.00196. The van der Waals surface area contributed by atoms with Crippen molar-refractivity contribution in [2.75, 3.05) is 11.1 Å². The monoisotopic (exact) mass is 295 g/mol. The van der Waals surface area contributed by atoms with Crippen LogP contribution in [0.4, 0.5) is 10.8 Å². The summed E-state index contributed by atoms with van der Waals surface area (Å²) in [5, 5.41) is 20.5. The van der Waals surface area contributed by atoms with Crippen LogP contribution in [0.25, 0.3) is 0 Å². The van der Waals surface area contributed by atoms with Crippen molar-refractivity contribution in [2.45, 2.75) is 18.2 Å². The van der Waals surface area contributed by atoms with E-state index < -0.39 is 5.97 Å². The minimum Gasteiger partial charge on any atom is -0.481 e. The fourth-order valence-corrected chi connectivity index (χ4v) is 3.04. The van der Waals surface area contributed by atoms with Gasteiger partial charge in [0, 0.05) is 5.69 Å². The van der Waals surface area contributed by atoms with Gasteiger partial charge in [-0.3, -0.25) is 4.79 Å². The van der Waals surface area contributed by atoms with E-state index in [-0.39, 0.29) is 5.75 Å². The van der Waals surface area contributed by atoms with E-state index in [0.29, 0.717) is 9.47 Å². The highest BCUT2D eigenvalue weighted by atomic mass is 32.2. The van der Waals surface area contributed by atoms with Crippen molar-refractivity contribution in [1.82, 2.24) is 10.2 Å². The van der Waals surface area contributed by atoms with E-state index in [9.17, 15) is 4.79 Å². The first-order chi connectivity index (χ1) is 9.06. The van der Waals surface area contributed by atoms with Gasteiger partial charge in [-0.2, -0.15) is 0 Å². The molecule has 0 bridgehead atoms. The normalized spacial score (nSPS) is 10.4. The zero-order valence-corrected chi connectivity index (χ0v) is 12.1. The van der Waals surface area contributed by atoms with Gasteiger partial charge >= 0.3 is 5.97 Å². The Balaban J connectivity index is 2.09. The molecular formula is C12H13N3O2S2. The quantitative estimate of drug-likeness (QED) is 0.826. The van der Waals surface area contributed by atoms with Crippen molar-refractivity contribution < 1.29 is 9.90 Å². The van der Waals surface area contributed by atoms with Gasteiger partial charge in [-0.25, -0.2) is 0 Å². The van der Waals surface area contributed by atoms with Crippen molar-refractivity contribution in [3.8, 4) is 0 Å². The van der Waals surface area contributed by atoms with Crippen LogP contribution in [0.3, 0.4) is 0 Å². The number of nitrogens with zero attached hydrogens (tertiary/aromatic N) is 2. The lowest BCUT2D eigenvalue weighted by Crippen LogP contribution is -1.96. The lowest BCUT2D eigenvalue weighted by molar-refractivity contribution is -0.133. The first kappa shape index (κ1) is 13.8. The first-order valence-electron chi connectivity index (χ1n) is 5.57. The van der Waals surface area contributed by atoms with E-state index in [2.05, 4.69) is 15.5 Å². The summed E-state index contributed by atoms with van der Waals surface area (Å²) in [4.78, 5) is 10.5. The fraction of sp³-hybridized carbons (Fsp3) is 0.250. The van der Waals surface area contributed by atoms with Crippen LogP contribution < -0.4 is 5.32 Å². The molecule has 0 amide bonds. The van der Waals surface area contributed by atoms with Crippen LogP contribution in [0.5, 0.6) is 0 Å². The van der Waals surface area contributed by atoms with Crippen LogP contribution in [-0.2, 0) is 4.79 Å². The van der Waals surface area contributed by atoms with Crippen molar-refractivity contribution in [3.05, 3.63) is 29.3 Å². The molecule has 0 fully saturated rings. The number of carbonyl (C=O) groups is 1. The third-order valence-corrected chi connectivity index (χ3v) is 4.40. The number of carboxylic acid groups (broad SMARTS) is 1. The Morgan fingerprint density at radius 2 is 2.05 bits per heavy atom. The number of anilines is 2. The number of rotatable bonds is 5. The van der Waals surface area contributed by atoms with E-state index in [0.717, 1.165) is 16.8 Å². The van der Waals surface area contributed by atoms with Gasteiger partial charge in [0.1, 0.15) is 0 Å². The highest BCUT2D eigenvalue weighted by Crippen LogP contribution is 2.29. The van der Waals surface area contributed by atoms with E-state index in [1.54, 1.807) is 0 Å². The predicted octanol–water partition coefficient (Wildman–Crippen LogP) is 3.08. The van der Waals surface area contributed by atoms with E-state index in [1.807, 2.05) is 32.0 Å². The number of hydrogen-bond donors (Lipinski definition) is 2. The zero-order valence-electron chi connectivity index (χ0n) is 10.5. The van der Waals surface area contributed by atoms with Gasteiger partial charge in [0.2, 0.25) is 5.13 Å². The summed E-state index contributed by atoms with van der Waals surface area (Å²) in [7, 11) is 0. The third kappa shape index (κ3) is 3.68. The van der Waals surface area contributed by atoms with Crippen molar-refractivity contribution in [3.63, 3.8) is 0 Å². The summed E-state index contributed by atoms with van der Waals surface area (Å²) < 4.78 is 0.649. The highest BCUT2D eigenvalue weighted by molar-refractivity contribution is 8.01. The number of para-hydroxylation sites is 1. The molecule has 0 saturated carbocycles. The molecule has 0 atom stereocenters. The van der Waals surface area contributed by atoms with Crippen LogP contribution >= 0.6 is 23.1 Å². The molecule has 0 radical (unpaired) electrons. The van der Waals surface area contributed by atoms with Gasteiger partial charge in [-0.15, -0.1) is 10.2 Å². The van der Waals surface area contributed by atoms with E-state index in [1.165, 1.54) is 23.1 Å². The smallest absolute Gasteiger partial charge is 0.313 e. The number of benzene rings is 1. The second-order valence-corrected chi connectivity index (χ2v) is 6.15. The Morgan fingerprint density at radius 1 is 1.37 bits per heavy atom. The maximum atomic E-state index is 10.5. The Labute approximate surface area is 119 Å². The maximum Gasteiger partial charge on any atom is 0.313 e. The third-order valence-electron chi connectivity index (χ3n) is 2.44. The lowest BCUT2D eigenvalue weighted by atomic mass is 10.1. The molecule has 0 aliphatic rings. The Bertz CT molecular complexity index is 578. The molecule has 0 aliphatic heterocycles. The number of hydrogen-bond acceptors (Lipinski definition) is 6. The molecule has 100 valence electrons. The van der Waals surface area contributed by atoms with Crippen molar-refractivity contribution in [2.24, 2.45) is 0 Å². The number of thioether (sulfide) groups is 1. The summed E-state index contributed by atoms with van der Waals surface area (Å²) >= 11 is 2.53. The second-order valence-electron chi connectivity index (χ2n) is 3.95. The topological polar surface area (TPSA) is 75.1 Å². The summed E-state index contributed by atoms with van der Waals surface area (Å²) in [6, 6.07) is 6.05. The average molecular weight is 295 g/mol. The van der Waals surface area contributed by atoms with Crippen LogP contribution in [0, 0.1) is 13.8 Å². The van der Waals surface area contributed by atoms with Crippen molar-refractivity contribution >= 4 is 39.9 Å². The molecule has 0 unspecified atom stereocenters. The molecule has 1 heterocycles. The van der Waals surface area contributed by atoms with Crippen LogP contribution in [0.1, 0.15) is 11.1 Å². The molecule has 0 aliphatic carbocycles. The number of aromatic nitrogens is 2. The summed E-state index contributed by atoms with van der Waals surface area (Å²) in [5.74, 6) is -0.859. The Morgan fingerprint density at radius 3 is 2.68 bits per heavy atom. The van der Waals surface area contributed by atoms with Gasteiger partial charge < -0.3 is 10.4 Å². The molecule has 7 heteroatoms. The van der Waals surface area contributed by atoms with Crippen molar-refractivity contribution in [1.29, 1.82) is 0 Å².